The first-order chi connectivity index (χ1) is 7.88. The Morgan fingerprint density at radius 2 is 1.50 bits per heavy atom. The van der Waals surface area contributed by atoms with Crippen LogP contribution in [0.15, 0.2) is 48.5 Å². The zero-order chi connectivity index (χ0) is 11.2. The molecule has 0 saturated carbocycles. The highest BCUT2D eigenvalue weighted by Crippen LogP contribution is 2.20. The van der Waals surface area contributed by atoms with E-state index in [4.69, 9.17) is 0 Å². The third-order valence-corrected chi connectivity index (χ3v) is 3.23. The lowest BCUT2D eigenvalue weighted by atomic mass is 10.2. The van der Waals surface area contributed by atoms with Gasteiger partial charge in [0.15, 0.2) is 0 Å². The maximum atomic E-state index is 2.16. The molecule has 0 amide bonds. The van der Waals surface area contributed by atoms with Crippen LogP contribution in [0.5, 0.6) is 0 Å². The van der Waals surface area contributed by atoms with Gasteiger partial charge in [0.25, 0.3) is 0 Å². The summed E-state index contributed by atoms with van der Waals surface area (Å²) in [4.78, 5) is 2.59. The Balaban J connectivity index is 2.12. The van der Waals surface area contributed by atoms with Crippen molar-refractivity contribution in [1.29, 1.82) is 0 Å². The van der Waals surface area contributed by atoms with Gasteiger partial charge in [-0.25, -0.2) is 0 Å². The van der Waals surface area contributed by atoms with E-state index in [2.05, 4.69) is 60.7 Å². The van der Waals surface area contributed by atoms with Crippen molar-refractivity contribution >= 4 is 29.6 Å². The Bertz CT molecular complexity index is 489. The standard InChI is InChI=1S/C15H14S/c1-2-6-14-11-12-15(16-14)10-9-13-7-4-3-5-8-13/h2-12H,1H3/b6-2+,10-9+. The summed E-state index contributed by atoms with van der Waals surface area (Å²) >= 11 is 1.80. The van der Waals surface area contributed by atoms with E-state index in [1.807, 2.05) is 13.0 Å². The minimum absolute atomic E-state index is 1.24. The lowest BCUT2D eigenvalue weighted by Gasteiger charge is -1.89. The summed E-state index contributed by atoms with van der Waals surface area (Å²) in [7, 11) is 0. The van der Waals surface area contributed by atoms with Crippen molar-refractivity contribution in [2.24, 2.45) is 0 Å². The summed E-state index contributed by atoms with van der Waals surface area (Å²) in [6.45, 7) is 2.04. The SMILES string of the molecule is C/C=C/c1ccc(/C=C/c2ccccc2)s1. The molecule has 0 saturated heterocycles. The second-order valence-electron chi connectivity index (χ2n) is 3.48. The van der Waals surface area contributed by atoms with Crippen LogP contribution in [0.4, 0.5) is 0 Å². The number of allylic oxidation sites excluding steroid dienone is 1. The van der Waals surface area contributed by atoms with Gasteiger partial charge in [0.2, 0.25) is 0 Å². The first-order valence-electron chi connectivity index (χ1n) is 5.34. The minimum atomic E-state index is 1.24. The van der Waals surface area contributed by atoms with Crippen molar-refractivity contribution in [1.82, 2.24) is 0 Å². The highest BCUT2D eigenvalue weighted by atomic mass is 32.1. The van der Waals surface area contributed by atoms with Gasteiger partial charge in [0.1, 0.15) is 0 Å². The Morgan fingerprint density at radius 3 is 2.19 bits per heavy atom. The van der Waals surface area contributed by atoms with Gasteiger partial charge in [0, 0.05) is 9.75 Å². The summed E-state index contributed by atoms with van der Waals surface area (Å²) in [5, 5.41) is 0. The molecule has 1 aromatic carbocycles. The summed E-state index contributed by atoms with van der Waals surface area (Å²) in [5.41, 5.74) is 1.24. The topological polar surface area (TPSA) is 0 Å². The zero-order valence-electron chi connectivity index (χ0n) is 9.26. The van der Waals surface area contributed by atoms with Crippen molar-refractivity contribution in [2.45, 2.75) is 6.92 Å². The number of benzene rings is 1. The predicted molar refractivity (Wildman–Crippen MR) is 74.4 cm³/mol. The van der Waals surface area contributed by atoms with Crippen LogP contribution in [0, 0.1) is 0 Å². The normalized spacial score (nSPS) is 11.6. The molecule has 0 N–H and O–H groups in total. The van der Waals surface area contributed by atoms with Gasteiger partial charge in [-0.3, -0.25) is 0 Å². The summed E-state index contributed by atoms with van der Waals surface area (Å²) in [5.74, 6) is 0. The van der Waals surface area contributed by atoms with Crippen molar-refractivity contribution in [3.63, 3.8) is 0 Å². The van der Waals surface area contributed by atoms with Crippen LogP contribution in [0.25, 0.3) is 18.2 Å². The van der Waals surface area contributed by atoms with E-state index in [0.29, 0.717) is 0 Å². The molecule has 0 spiro atoms. The number of hydrogen-bond acceptors (Lipinski definition) is 1. The Morgan fingerprint density at radius 1 is 0.812 bits per heavy atom. The Labute approximate surface area is 101 Å². The molecule has 0 fully saturated rings. The molecule has 2 aromatic rings. The minimum Gasteiger partial charge on any atom is -0.137 e. The Kier molecular flexibility index (Phi) is 3.73. The lowest BCUT2D eigenvalue weighted by Crippen LogP contribution is -1.67. The van der Waals surface area contributed by atoms with Crippen LogP contribution in [0.3, 0.4) is 0 Å². The summed E-state index contributed by atoms with van der Waals surface area (Å²) < 4.78 is 0. The molecule has 80 valence electrons. The van der Waals surface area contributed by atoms with Gasteiger partial charge >= 0.3 is 0 Å². The molecule has 1 aromatic heterocycles. The molecule has 0 unspecified atom stereocenters. The van der Waals surface area contributed by atoms with Crippen LogP contribution >= 0.6 is 11.3 Å². The zero-order valence-corrected chi connectivity index (χ0v) is 10.1. The molecule has 0 aliphatic rings. The van der Waals surface area contributed by atoms with Crippen molar-refractivity contribution in [3.8, 4) is 0 Å². The second kappa shape index (κ2) is 5.47. The maximum Gasteiger partial charge on any atom is 0.0276 e. The van der Waals surface area contributed by atoms with Gasteiger partial charge in [-0.2, -0.15) is 0 Å². The van der Waals surface area contributed by atoms with E-state index in [1.54, 1.807) is 11.3 Å². The van der Waals surface area contributed by atoms with Gasteiger partial charge < -0.3 is 0 Å². The summed E-state index contributed by atoms with van der Waals surface area (Å²) in [6.07, 6.45) is 8.50. The monoisotopic (exact) mass is 226 g/mol. The fraction of sp³-hybridized carbons (Fsp3) is 0.0667. The van der Waals surface area contributed by atoms with E-state index >= 15 is 0 Å². The van der Waals surface area contributed by atoms with Crippen LogP contribution in [0.1, 0.15) is 22.2 Å². The van der Waals surface area contributed by atoms with Gasteiger partial charge in [-0.1, -0.05) is 42.5 Å². The quantitative estimate of drug-likeness (QED) is 0.694. The number of rotatable bonds is 3. The summed E-state index contributed by atoms with van der Waals surface area (Å²) in [6, 6.07) is 14.7. The number of hydrogen-bond donors (Lipinski definition) is 0. The molecular formula is C15H14S. The molecular weight excluding hydrogens is 212 g/mol. The smallest absolute Gasteiger partial charge is 0.0276 e. The van der Waals surface area contributed by atoms with Crippen LogP contribution < -0.4 is 0 Å². The lowest BCUT2D eigenvalue weighted by molar-refractivity contribution is 1.67. The van der Waals surface area contributed by atoms with E-state index < -0.39 is 0 Å². The average Bonchev–Trinajstić information content (AvgIpc) is 2.76. The van der Waals surface area contributed by atoms with E-state index in [1.165, 1.54) is 15.3 Å². The number of thiophene rings is 1. The van der Waals surface area contributed by atoms with Crippen LogP contribution in [0.2, 0.25) is 0 Å². The van der Waals surface area contributed by atoms with E-state index in [0.717, 1.165) is 0 Å². The molecule has 0 aliphatic heterocycles. The van der Waals surface area contributed by atoms with E-state index in [9.17, 15) is 0 Å². The molecule has 0 aliphatic carbocycles. The molecule has 1 heteroatoms. The van der Waals surface area contributed by atoms with Gasteiger partial charge in [-0.05, 0) is 36.8 Å². The molecule has 0 atom stereocenters. The molecule has 0 nitrogen and oxygen atoms in total. The molecule has 2 rings (SSSR count). The van der Waals surface area contributed by atoms with Gasteiger partial charge in [-0.15, -0.1) is 11.3 Å². The van der Waals surface area contributed by atoms with Crippen LogP contribution in [-0.2, 0) is 0 Å². The first-order valence-corrected chi connectivity index (χ1v) is 6.16. The fourth-order valence-corrected chi connectivity index (χ4v) is 2.34. The third-order valence-electron chi connectivity index (χ3n) is 2.22. The first kappa shape index (κ1) is 10.9. The van der Waals surface area contributed by atoms with Crippen molar-refractivity contribution < 1.29 is 0 Å². The maximum absolute atomic E-state index is 2.16. The molecule has 16 heavy (non-hydrogen) atoms. The molecule has 1 heterocycles. The van der Waals surface area contributed by atoms with E-state index in [-0.39, 0.29) is 0 Å². The van der Waals surface area contributed by atoms with Crippen molar-refractivity contribution in [2.75, 3.05) is 0 Å². The fourth-order valence-electron chi connectivity index (χ4n) is 1.45. The molecule has 0 bridgehead atoms. The molecule has 0 radical (unpaired) electrons. The van der Waals surface area contributed by atoms with Crippen molar-refractivity contribution in [3.05, 3.63) is 63.9 Å². The highest BCUT2D eigenvalue weighted by Gasteiger charge is 1.92. The second-order valence-corrected chi connectivity index (χ2v) is 4.63. The predicted octanol–water partition coefficient (Wildman–Crippen LogP) is 4.95. The average molecular weight is 226 g/mol. The van der Waals surface area contributed by atoms with Crippen LogP contribution in [-0.4, -0.2) is 0 Å². The Hall–Kier alpha value is -1.60. The third kappa shape index (κ3) is 2.94. The van der Waals surface area contributed by atoms with Gasteiger partial charge in [0.05, 0.1) is 0 Å². The highest BCUT2D eigenvalue weighted by molar-refractivity contribution is 7.13. The largest absolute Gasteiger partial charge is 0.137 e.